The van der Waals surface area contributed by atoms with Gasteiger partial charge in [-0.2, -0.15) is 5.10 Å². The van der Waals surface area contributed by atoms with Crippen LogP contribution in [0, 0.1) is 0 Å². The Hall–Kier alpha value is -3.26. The third-order valence-corrected chi connectivity index (χ3v) is 6.81. The summed E-state index contributed by atoms with van der Waals surface area (Å²) in [6, 6.07) is 12.5. The van der Waals surface area contributed by atoms with Crippen LogP contribution < -0.4 is 9.64 Å². The summed E-state index contributed by atoms with van der Waals surface area (Å²) >= 11 is 0. The normalized spacial score (nSPS) is 18.7. The summed E-state index contributed by atoms with van der Waals surface area (Å²) in [6.45, 7) is 1.99. The Morgan fingerprint density at radius 2 is 1.88 bits per heavy atom. The highest BCUT2D eigenvalue weighted by atomic mass is 16.5. The molecule has 3 heterocycles. The van der Waals surface area contributed by atoms with Gasteiger partial charge in [0.2, 0.25) is 5.88 Å². The second kappa shape index (κ2) is 8.70. The zero-order chi connectivity index (χ0) is 22.1. The molecule has 0 spiro atoms. The van der Waals surface area contributed by atoms with Gasteiger partial charge in [0.25, 0.3) is 0 Å². The molecule has 2 fully saturated rings. The van der Waals surface area contributed by atoms with Crippen LogP contribution in [0.2, 0.25) is 0 Å². The number of phenols is 1. The summed E-state index contributed by atoms with van der Waals surface area (Å²) in [6.07, 6.45) is 6.81. The molecule has 2 aromatic heterocycles. The Morgan fingerprint density at radius 3 is 2.56 bits per heavy atom. The monoisotopic (exact) mass is 432 g/mol. The standard InChI is InChI=1S/C24H28N6O2/c1-29(18-4-3-5-18)19-10-11-30(15-19)23-9-8-21(26-27-23)20-7-6-16(12-22(20)31)17-13-24(32-2)28-25-14-17/h6-9,12-14,18-19,31H,3-5,10-11,15H2,1-2H3. The van der Waals surface area contributed by atoms with Crippen LogP contribution in [0.3, 0.4) is 0 Å². The van der Waals surface area contributed by atoms with Gasteiger partial charge in [-0.3, -0.25) is 4.90 Å². The number of methoxy groups -OCH3 is 1. The van der Waals surface area contributed by atoms with E-state index in [9.17, 15) is 5.11 Å². The van der Waals surface area contributed by atoms with E-state index in [1.165, 1.54) is 19.3 Å². The zero-order valence-corrected chi connectivity index (χ0v) is 18.5. The second-order valence-electron chi connectivity index (χ2n) is 8.63. The lowest BCUT2D eigenvalue weighted by Crippen LogP contribution is -2.45. The molecule has 8 heteroatoms. The van der Waals surface area contributed by atoms with Gasteiger partial charge in [-0.15, -0.1) is 15.3 Å². The lowest BCUT2D eigenvalue weighted by molar-refractivity contribution is 0.119. The molecule has 1 aliphatic carbocycles. The van der Waals surface area contributed by atoms with Gasteiger partial charge in [0.15, 0.2) is 5.82 Å². The predicted octanol–water partition coefficient (Wildman–Crippen LogP) is 3.38. The number of aromatic hydroxyl groups is 1. The van der Waals surface area contributed by atoms with E-state index in [0.717, 1.165) is 42.5 Å². The van der Waals surface area contributed by atoms with Gasteiger partial charge in [-0.25, -0.2) is 0 Å². The molecule has 5 rings (SSSR count). The van der Waals surface area contributed by atoms with Crippen molar-refractivity contribution in [2.45, 2.75) is 37.8 Å². The third kappa shape index (κ3) is 3.98. The fraction of sp³-hybridized carbons (Fsp3) is 0.417. The highest BCUT2D eigenvalue weighted by molar-refractivity contribution is 5.74. The molecule has 1 saturated carbocycles. The molecular weight excluding hydrogens is 404 g/mol. The molecule has 8 nitrogen and oxygen atoms in total. The lowest BCUT2D eigenvalue weighted by atomic mass is 9.91. The second-order valence-corrected chi connectivity index (χ2v) is 8.63. The van der Waals surface area contributed by atoms with E-state index in [1.54, 1.807) is 25.4 Å². The minimum atomic E-state index is 0.142. The molecular formula is C24H28N6O2. The Labute approximate surface area is 187 Å². The van der Waals surface area contributed by atoms with Gasteiger partial charge in [-0.05, 0) is 56.1 Å². The summed E-state index contributed by atoms with van der Waals surface area (Å²) in [5.74, 6) is 1.46. The number of ether oxygens (including phenoxy) is 1. The van der Waals surface area contributed by atoms with Crippen LogP contribution in [0.1, 0.15) is 25.7 Å². The molecule has 1 N–H and O–H groups in total. The number of rotatable bonds is 6. The number of anilines is 1. The van der Waals surface area contributed by atoms with Crippen LogP contribution in [0.5, 0.6) is 11.6 Å². The SMILES string of the molecule is COc1cc(-c2ccc(-c3ccc(N4CCC(N(C)C5CCC5)C4)nn3)c(O)c2)cnn1. The largest absolute Gasteiger partial charge is 0.507 e. The highest BCUT2D eigenvalue weighted by Gasteiger charge is 2.32. The molecule has 166 valence electrons. The lowest BCUT2D eigenvalue weighted by Gasteiger charge is -2.38. The first-order valence-electron chi connectivity index (χ1n) is 11.1. The van der Waals surface area contributed by atoms with E-state index in [2.05, 4.69) is 37.2 Å². The average Bonchev–Trinajstić information content (AvgIpc) is 3.28. The fourth-order valence-corrected chi connectivity index (χ4v) is 4.54. The first-order valence-corrected chi connectivity index (χ1v) is 11.1. The predicted molar refractivity (Wildman–Crippen MR) is 123 cm³/mol. The Morgan fingerprint density at radius 1 is 1.00 bits per heavy atom. The van der Waals surface area contributed by atoms with Crippen LogP contribution >= 0.6 is 0 Å². The summed E-state index contributed by atoms with van der Waals surface area (Å²) in [7, 11) is 3.81. The van der Waals surface area contributed by atoms with Crippen molar-refractivity contribution in [1.29, 1.82) is 0 Å². The van der Waals surface area contributed by atoms with Crippen molar-refractivity contribution in [3.05, 3.63) is 42.6 Å². The maximum Gasteiger partial charge on any atom is 0.233 e. The van der Waals surface area contributed by atoms with E-state index in [-0.39, 0.29) is 5.75 Å². The van der Waals surface area contributed by atoms with Crippen molar-refractivity contribution < 1.29 is 9.84 Å². The van der Waals surface area contributed by atoms with E-state index in [0.29, 0.717) is 23.2 Å². The topological polar surface area (TPSA) is 87.5 Å². The van der Waals surface area contributed by atoms with E-state index in [4.69, 9.17) is 4.74 Å². The van der Waals surface area contributed by atoms with Crippen LogP contribution in [0.4, 0.5) is 5.82 Å². The van der Waals surface area contributed by atoms with Gasteiger partial charge >= 0.3 is 0 Å². The summed E-state index contributed by atoms with van der Waals surface area (Å²) in [5.41, 5.74) is 2.93. The Kier molecular flexibility index (Phi) is 5.61. The minimum Gasteiger partial charge on any atom is -0.507 e. The molecule has 0 radical (unpaired) electrons. The number of hydrogen-bond donors (Lipinski definition) is 1. The molecule has 0 amide bonds. The number of nitrogens with zero attached hydrogens (tertiary/aromatic N) is 6. The molecule has 1 saturated heterocycles. The molecule has 1 unspecified atom stereocenters. The summed E-state index contributed by atoms with van der Waals surface area (Å²) in [4.78, 5) is 4.86. The number of benzene rings is 1. The van der Waals surface area contributed by atoms with Crippen molar-refractivity contribution in [1.82, 2.24) is 25.3 Å². The van der Waals surface area contributed by atoms with Gasteiger partial charge in [0.1, 0.15) is 5.75 Å². The molecule has 1 aromatic carbocycles. The van der Waals surface area contributed by atoms with Crippen LogP contribution in [-0.2, 0) is 0 Å². The molecule has 3 aromatic rings. The van der Waals surface area contributed by atoms with Gasteiger partial charge in [0.05, 0.1) is 19.0 Å². The Balaban J connectivity index is 1.29. The van der Waals surface area contributed by atoms with Crippen molar-refractivity contribution in [2.75, 3.05) is 32.1 Å². The van der Waals surface area contributed by atoms with Crippen LogP contribution in [0.25, 0.3) is 22.4 Å². The smallest absolute Gasteiger partial charge is 0.233 e. The number of likely N-dealkylation sites (N-methyl/N-ethyl adjacent to an activating group) is 1. The van der Waals surface area contributed by atoms with Gasteiger partial charge in [-0.1, -0.05) is 12.5 Å². The molecule has 1 aliphatic heterocycles. The third-order valence-electron chi connectivity index (χ3n) is 6.81. The molecule has 1 atom stereocenters. The van der Waals surface area contributed by atoms with E-state index in [1.807, 2.05) is 24.3 Å². The number of hydrogen-bond acceptors (Lipinski definition) is 8. The Bertz CT molecular complexity index is 1090. The van der Waals surface area contributed by atoms with Gasteiger partial charge < -0.3 is 14.7 Å². The summed E-state index contributed by atoms with van der Waals surface area (Å²) in [5, 5.41) is 27.3. The van der Waals surface area contributed by atoms with E-state index < -0.39 is 0 Å². The number of aromatic nitrogens is 4. The molecule has 32 heavy (non-hydrogen) atoms. The van der Waals surface area contributed by atoms with Gasteiger partial charge in [0, 0.05) is 42.4 Å². The highest BCUT2D eigenvalue weighted by Crippen LogP contribution is 2.34. The fourth-order valence-electron chi connectivity index (χ4n) is 4.54. The molecule has 0 bridgehead atoms. The maximum atomic E-state index is 10.6. The van der Waals surface area contributed by atoms with Crippen molar-refractivity contribution in [3.63, 3.8) is 0 Å². The van der Waals surface area contributed by atoms with Crippen molar-refractivity contribution in [3.8, 4) is 34.0 Å². The van der Waals surface area contributed by atoms with Crippen LogP contribution in [-0.4, -0.2) is 69.7 Å². The minimum absolute atomic E-state index is 0.142. The quantitative estimate of drug-likeness (QED) is 0.634. The first kappa shape index (κ1) is 20.6. The summed E-state index contributed by atoms with van der Waals surface area (Å²) < 4.78 is 5.13. The average molecular weight is 433 g/mol. The molecule has 2 aliphatic rings. The number of phenolic OH excluding ortho intramolecular Hbond substituents is 1. The van der Waals surface area contributed by atoms with E-state index >= 15 is 0 Å². The van der Waals surface area contributed by atoms with Crippen molar-refractivity contribution >= 4 is 5.82 Å². The maximum absolute atomic E-state index is 10.6. The van der Waals surface area contributed by atoms with Crippen LogP contribution in [0.15, 0.2) is 42.6 Å². The first-order chi connectivity index (χ1) is 15.6. The zero-order valence-electron chi connectivity index (χ0n) is 18.5. The van der Waals surface area contributed by atoms with Crippen molar-refractivity contribution in [2.24, 2.45) is 0 Å².